The summed E-state index contributed by atoms with van der Waals surface area (Å²) < 4.78 is 59.7. The molecule has 0 aliphatic carbocycles. The molecule has 0 saturated heterocycles. The van der Waals surface area contributed by atoms with Crippen molar-refractivity contribution in [1.29, 1.82) is 0 Å². The molecule has 0 aliphatic rings. The van der Waals surface area contributed by atoms with E-state index < -0.39 is 5.60 Å². The van der Waals surface area contributed by atoms with Crippen molar-refractivity contribution < 1.29 is 56.9 Å². The van der Waals surface area contributed by atoms with Gasteiger partial charge in [0.1, 0.15) is 5.60 Å². The normalized spacial score (nSPS) is 11.8. The van der Waals surface area contributed by atoms with E-state index in [-0.39, 0.29) is 12.4 Å². The van der Waals surface area contributed by atoms with E-state index in [1.165, 1.54) is 12.8 Å². The topological polar surface area (TPSA) is 119 Å². The van der Waals surface area contributed by atoms with Crippen LogP contribution >= 0.6 is 0 Å². The van der Waals surface area contributed by atoms with E-state index >= 15 is 0 Å². The van der Waals surface area contributed by atoms with Crippen LogP contribution in [0.5, 0.6) is 0 Å². The minimum Gasteiger partial charge on any atom is -0.460 e. The Morgan fingerprint density at radius 3 is 0.929 bits per heavy atom. The number of rotatable bonds is 34. The van der Waals surface area contributed by atoms with Crippen molar-refractivity contribution in [3.05, 3.63) is 0 Å². The molecule has 0 aromatic heterocycles. The van der Waals surface area contributed by atoms with Gasteiger partial charge < -0.3 is 52.1 Å². The van der Waals surface area contributed by atoms with Crippen LogP contribution in [-0.2, 0) is 56.9 Å². The summed E-state index contributed by atoms with van der Waals surface area (Å²) in [5.41, 5.74) is -0.469. The van der Waals surface area contributed by atoms with Crippen LogP contribution in [0.4, 0.5) is 0 Å². The van der Waals surface area contributed by atoms with Crippen molar-refractivity contribution in [2.75, 3.05) is 132 Å². The molecule has 0 unspecified atom stereocenters. The molecule has 0 radical (unpaired) electrons. The predicted octanol–water partition coefficient (Wildman–Crippen LogP) is 3.07. The Hall–Kier alpha value is -0.930. The molecular formula is C30H60O12. The second-order valence-electron chi connectivity index (χ2n) is 10.2. The highest BCUT2D eigenvalue weighted by Gasteiger charge is 2.15. The van der Waals surface area contributed by atoms with Crippen molar-refractivity contribution >= 4 is 5.97 Å². The zero-order valence-corrected chi connectivity index (χ0v) is 26.9. The zero-order chi connectivity index (χ0) is 30.8. The maximum atomic E-state index is 11.5. The highest BCUT2D eigenvalue weighted by Crippen LogP contribution is 2.08. The minimum atomic E-state index is -0.469. The van der Waals surface area contributed by atoms with E-state index in [1.807, 2.05) is 20.8 Å². The highest BCUT2D eigenvalue weighted by atomic mass is 16.6. The van der Waals surface area contributed by atoms with Crippen LogP contribution in [0.15, 0.2) is 0 Å². The average molecular weight is 613 g/mol. The molecule has 252 valence electrons. The van der Waals surface area contributed by atoms with Crippen LogP contribution in [0.2, 0.25) is 0 Å². The van der Waals surface area contributed by atoms with Gasteiger partial charge in [0.2, 0.25) is 0 Å². The van der Waals surface area contributed by atoms with Crippen molar-refractivity contribution in [1.82, 2.24) is 0 Å². The monoisotopic (exact) mass is 612 g/mol. The number of ether oxygens (including phenoxy) is 11. The van der Waals surface area contributed by atoms with Gasteiger partial charge in [-0.15, -0.1) is 0 Å². The molecule has 0 fully saturated rings. The Kier molecular flexibility index (Phi) is 32.2. The van der Waals surface area contributed by atoms with Gasteiger partial charge in [0, 0.05) is 6.61 Å². The van der Waals surface area contributed by atoms with Crippen molar-refractivity contribution in [3.8, 4) is 0 Å². The fraction of sp³-hybridized carbons (Fsp3) is 0.967. The second-order valence-corrected chi connectivity index (χ2v) is 10.2. The standard InChI is InChI=1S/C30H60O12/c1-5-6-7-9-32-11-13-34-15-17-36-19-21-38-23-25-40-27-28-41-26-24-39-22-20-37-18-16-35-14-12-33-10-8-29(31)42-30(2,3)4/h5-28H2,1-4H3. The number of carbonyl (C=O) groups excluding carboxylic acids is 1. The number of hydrogen-bond donors (Lipinski definition) is 0. The largest absolute Gasteiger partial charge is 0.460 e. The summed E-state index contributed by atoms with van der Waals surface area (Å²) in [6, 6.07) is 0. The van der Waals surface area contributed by atoms with Crippen LogP contribution in [-0.4, -0.2) is 144 Å². The minimum absolute atomic E-state index is 0.236. The first-order chi connectivity index (χ1) is 20.5. The summed E-state index contributed by atoms with van der Waals surface area (Å²) in [5, 5.41) is 0. The third kappa shape index (κ3) is 37.1. The Bertz CT molecular complexity index is 545. The number of unbranched alkanes of at least 4 members (excludes halogenated alkanes) is 2. The van der Waals surface area contributed by atoms with Crippen molar-refractivity contribution in [2.24, 2.45) is 0 Å². The molecule has 0 bridgehead atoms. The summed E-state index contributed by atoms with van der Waals surface area (Å²) in [7, 11) is 0. The van der Waals surface area contributed by atoms with Crippen LogP contribution in [0.1, 0.15) is 53.4 Å². The molecular weight excluding hydrogens is 552 g/mol. The van der Waals surface area contributed by atoms with E-state index in [4.69, 9.17) is 52.1 Å². The van der Waals surface area contributed by atoms with Gasteiger partial charge in [0.15, 0.2) is 0 Å². The zero-order valence-electron chi connectivity index (χ0n) is 26.9. The second kappa shape index (κ2) is 33.0. The lowest BCUT2D eigenvalue weighted by Crippen LogP contribution is -2.24. The van der Waals surface area contributed by atoms with Gasteiger partial charge >= 0.3 is 5.97 Å². The Morgan fingerprint density at radius 1 is 0.405 bits per heavy atom. The van der Waals surface area contributed by atoms with Gasteiger partial charge in [-0.2, -0.15) is 0 Å². The van der Waals surface area contributed by atoms with E-state index in [2.05, 4.69) is 6.92 Å². The predicted molar refractivity (Wildman–Crippen MR) is 158 cm³/mol. The van der Waals surface area contributed by atoms with Gasteiger partial charge in [0.05, 0.1) is 132 Å². The molecule has 42 heavy (non-hydrogen) atoms. The SMILES string of the molecule is CCCCCOCCOCCOCCOCCOCCOCCOCCOCCOCCOCCC(=O)OC(C)(C)C. The summed E-state index contributed by atoms with van der Waals surface area (Å²) in [6.45, 7) is 18.1. The molecule has 0 aliphatic heterocycles. The van der Waals surface area contributed by atoms with Crippen molar-refractivity contribution in [2.45, 2.75) is 59.0 Å². The van der Waals surface area contributed by atoms with Gasteiger partial charge in [0.25, 0.3) is 0 Å². The van der Waals surface area contributed by atoms with Crippen molar-refractivity contribution in [3.63, 3.8) is 0 Å². The van der Waals surface area contributed by atoms with Gasteiger partial charge in [-0.3, -0.25) is 4.79 Å². The first-order valence-electron chi connectivity index (χ1n) is 15.4. The molecule has 0 saturated carbocycles. The molecule has 0 aromatic carbocycles. The smallest absolute Gasteiger partial charge is 0.308 e. The van der Waals surface area contributed by atoms with E-state index in [0.29, 0.717) is 126 Å². The molecule has 0 spiro atoms. The van der Waals surface area contributed by atoms with Crippen LogP contribution in [0.3, 0.4) is 0 Å². The summed E-state index contributed by atoms with van der Waals surface area (Å²) in [6.07, 6.45) is 3.77. The first-order valence-corrected chi connectivity index (χ1v) is 15.4. The Balaban J connectivity index is 3.09. The number of carbonyl (C=O) groups is 1. The third-order valence-electron chi connectivity index (χ3n) is 5.11. The average Bonchev–Trinajstić information content (AvgIpc) is 2.94. The van der Waals surface area contributed by atoms with Crippen LogP contribution in [0.25, 0.3) is 0 Å². The van der Waals surface area contributed by atoms with Gasteiger partial charge in [-0.25, -0.2) is 0 Å². The van der Waals surface area contributed by atoms with Crippen LogP contribution in [0, 0.1) is 0 Å². The molecule has 0 N–H and O–H groups in total. The molecule has 12 nitrogen and oxygen atoms in total. The van der Waals surface area contributed by atoms with E-state index in [1.54, 1.807) is 0 Å². The maximum absolute atomic E-state index is 11.5. The summed E-state index contributed by atoms with van der Waals surface area (Å²) >= 11 is 0. The molecule has 0 amide bonds. The molecule has 12 heteroatoms. The quantitative estimate of drug-likeness (QED) is 0.0785. The summed E-state index contributed by atoms with van der Waals surface area (Å²) in [5.74, 6) is -0.262. The lowest BCUT2D eigenvalue weighted by molar-refractivity contribution is -0.156. The molecule has 0 atom stereocenters. The maximum Gasteiger partial charge on any atom is 0.308 e. The third-order valence-corrected chi connectivity index (χ3v) is 5.11. The van der Waals surface area contributed by atoms with Gasteiger partial charge in [-0.1, -0.05) is 19.8 Å². The number of esters is 1. The molecule has 0 rings (SSSR count). The highest BCUT2D eigenvalue weighted by molar-refractivity contribution is 5.69. The molecule has 0 aromatic rings. The fourth-order valence-electron chi connectivity index (χ4n) is 3.08. The Morgan fingerprint density at radius 2 is 0.667 bits per heavy atom. The Labute approximate surface area is 254 Å². The summed E-state index contributed by atoms with van der Waals surface area (Å²) in [4.78, 5) is 11.5. The fourth-order valence-corrected chi connectivity index (χ4v) is 3.08. The number of hydrogen-bond acceptors (Lipinski definition) is 12. The first kappa shape index (κ1) is 41.1. The van der Waals surface area contributed by atoms with Gasteiger partial charge in [-0.05, 0) is 27.2 Å². The lowest BCUT2D eigenvalue weighted by atomic mass is 10.2. The van der Waals surface area contributed by atoms with Crippen LogP contribution < -0.4 is 0 Å². The lowest BCUT2D eigenvalue weighted by Gasteiger charge is -2.19. The molecule has 0 heterocycles. The van der Waals surface area contributed by atoms with E-state index in [9.17, 15) is 4.79 Å². The van der Waals surface area contributed by atoms with E-state index in [0.717, 1.165) is 13.0 Å².